The van der Waals surface area contributed by atoms with Crippen molar-refractivity contribution >= 4 is 24.1 Å². The Morgan fingerprint density at radius 3 is 2.46 bits per heavy atom. The Morgan fingerprint density at radius 1 is 1.00 bits per heavy atom. The normalized spacial score (nSPS) is 23.5. The molecular formula is C30H42N4O5. The van der Waals surface area contributed by atoms with Crippen molar-refractivity contribution in [3.8, 4) is 5.75 Å². The maximum absolute atomic E-state index is 13.5. The van der Waals surface area contributed by atoms with Crippen molar-refractivity contribution in [2.75, 3.05) is 52.4 Å². The van der Waals surface area contributed by atoms with Gasteiger partial charge in [-0.3, -0.25) is 19.2 Å². The maximum Gasteiger partial charge on any atom is 0.242 e. The highest BCUT2D eigenvalue weighted by atomic mass is 16.5. The van der Waals surface area contributed by atoms with Crippen molar-refractivity contribution in [1.82, 2.24) is 19.6 Å². The van der Waals surface area contributed by atoms with Gasteiger partial charge in [0.05, 0.1) is 0 Å². The molecule has 2 fully saturated rings. The van der Waals surface area contributed by atoms with Crippen LogP contribution in [0, 0.1) is 17.3 Å². The number of hydrogen-bond acceptors (Lipinski definition) is 5. The Labute approximate surface area is 231 Å². The van der Waals surface area contributed by atoms with Crippen LogP contribution in [0.5, 0.6) is 5.75 Å². The van der Waals surface area contributed by atoms with E-state index < -0.39 is 0 Å². The molecule has 2 bridgehead atoms. The summed E-state index contributed by atoms with van der Waals surface area (Å²) in [6, 6.07) is 7.66. The molecule has 39 heavy (non-hydrogen) atoms. The van der Waals surface area contributed by atoms with E-state index in [1.54, 1.807) is 9.80 Å². The van der Waals surface area contributed by atoms with Gasteiger partial charge in [-0.25, -0.2) is 0 Å². The van der Waals surface area contributed by atoms with Crippen molar-refractivity contribution in [3.63, 3.8) is 0 Å². The molecule has 0 radical (unpaired) electrons. The standard InChI is InChI=1S/C30H42N4O5/c1-30(2,3)18-28(37)34-20-25-7-4-5-9-26(25)39-16-6-8-24-19-33(29(38)21-34)11-10-23(24)17-27(36)32-14-12-31(22-35)13-15-32/h4-9,22-24H,10-21H2,1-3H3/b8-6+/t23-,24-/m0/s1. The minimum Gasteiger partial charge on any atom is -0.489 e. The van der Waals surface area contributed by atoms with Crippen LogP contribution in [-0.4, -0.2) is 96.2 Å². The van der Waals surface area contributed by atoms with Gasteiger partial charge in [-0.1, -0.05) is 51.1 Å². The summed E-state index contributed by atoms with van der Waals surface area (Å²) < 4.78 is 6.10. The highest BCUT2D eigenvalue weighted by Crippen LogP contribution is 2.30. The number of carbonyl (C=O) groups is 4. The van der Waals surface area contributed by atoms with Crippen molar-refractivity contribution in [2.24, 2.45) is 17.3 Å². The van der Waals surface area contributed by atoms with E-state index in [0.29, 0.717) is 71.0 Å². The third kappa shape index (κ3) is 7.83. The second-order valence-electron chi connectivity index (χ2n) is 12.1. The third-order valence-corrected chi connectivity index (χ3v) is 7.82. The summed E-state index contributed by atoms with van der Waals surface area (Å²) in [7, 11) is 0. The molecule has 212 valence electrons. The molecular weight excluding hydrogens is 496 g/mol. The van der Waals surface area contributed by atoms with Gasteiger partial charge in [0.2, 0.25) is 24.1 Å². The van der Waals surface area contributed by atoms with E-state index in [2.05, 4.69) is 6.08 Å². The molecule has 2 atom stereocenters. The van der Waals surface area contributed by atoms with E-state index >= 15 is 0 Å². The fourth-order valence-corrected chi connectivity index (χ4v) is 5.57. The molecule has 3 heterocycles. The minimum atomic E-state index is -0.197. The van der Waals surface area contributed by atoms with E-state index in [0.717, 1.165) is 18.4 Å². The summed E-state index contributed by atoms with van der Waals surface area (Å²) in [6.45, 7) is 10.1. The number of nitrogens with zero attached hydrogens (tertiary/aromatic N) is 4. The lowest BCUT2D eigenvalue weighted by Crippen LogP contribution is -2.50. The molecule has 0 saturated carbocycles. The van der Waals surface area contributed by atoms with Crippen LogP contribution in [0.25, 0.3) is 0 Å². The quantitative estimate of drug-likeness (QED) is 0.434. The average Bonchev–Trinajstić information content (AvgIpc) is 2.91. The van der Waals surface area contributed by atoms with Gasteiger partial charge in [-0.15, -0.1) is 0 Å². The van der Waals surface area contributed by atoms with E-state index in [9.17, 15) is 19.2 Å². The fourth-order valence-electron chi connectivity index (χ4n) is 5.57. The zero-order valence-electron chi connectivity index (χ0n) is 23.5. The van der Waals surface area contributed by atoms with Crippen molar-refractivity contribution in [3.05, 3.63) is 42.0 Å². The van der Waals surface area contributed by atoms with Gasteiger partial charge in [0.1, 0.15) is 18.9 Å². The number of rotatable bonds is 4. The Bertz CT molecular complexity index is 1070. The summed E-state index contributed by atoms with van der Waals surface area (Å²) in [5.74, 6) is 0.810. The van der Waals surface area contributed by atoms with Crippen LogP contribution in [0.15, 0.2) is 36.4 Å². The van der Waals surface area contributed by atoms with Gasteiger partial charge in [0.25, 0.3) is 0 Å². The molecule has 0 aliphatic carbocycles. The number of hydrogen-bond donors (Lipinski definition) is 0. The maximum atomic E-state index is 13.5. The molecule has 3 aliphatic rings. The molecule has 0 aromatic heterocycles. The number of benzene rings is 1. The number of fused-ring (bicyclic) bond motifs is 3. The highest BCUT2D eigenvalue weighted by molar-refractivity contribution is 5.85. The smallest absolute Gasteiger partial charge is 0.242 e. The number of piperidine rings is 1. The Kier molecular flexibility index (Phi) is 9.30. The van der Waals surface area contributed by atoms with Crippen molar-refractivity contribution in [1.29, 1.82) is 0 Å². The number of amides is 4. The van der Waals surface area contributed by atoms with Gasteiger partial charge in [-0.05, 0) is 29.7 Å². The second-order valence-corrected chi connectivity index (χ2v) is 12.1. The van der Waals surface area contributed by atoms with E-state index in [-0.39, 0.29) is 41.5 Å². The monoisotopic (exact) mass is 538 g/mol. The SMILES string of the molecule is CC(C)(C)CC(=O)N1CC(=O)N2CC[C@@H](CC(=O)N3CCN(C=O)CC3)[C@@H](/C=C/COc3ccccc3C1)C2. The van der Waals surface area contributed by atoms with E-state index in [4.69, 9.17) is 4.74 Å². The number of carbonyl (C=O) groups excluding carboxylic acids is 4. The predicted molar refractivity (Wildman–Crippen MR) is 148 cm³/mol. The van der Waals surface area contributed by atoms with Crippen molar-refractivity contribution < 1.29 is 23.9 Å². The minimum absolute atomic E-state index is 0.0150. The van der Waals surface area contributed by atoms with Crippen LogP contribution in [0.4, 0.5) is 0 Å². The van der Waals surface area contributed by atoms with Crippen LogP contribution in [0.3, 0.4) is 0 Å². The van der Waals surface area contributed by atoms with Gasteiger partial charge in [0, 0.05) is 64.2 Å². The zero-order valence-corrected chi connectivity index (χ0v) is 23.5. The number of piperazine rings is 1. The molecule has 9 nitrogen and oxygen atoms in total. The lowest BCUT2D eigenvalue weighted by Gasteiger charge is -2.39. The lowest BCUT2D eigenvalue weighted by atomic mass is 9.82. The van der Waals surface area contributed by atoms with Crippen molar-refractivity contribution in [2.45, 2.75) is 46.6 Å². The third-order valence-electron chi connectivity index (χ3n) is 7.82. The average molecular weight is 539 g/mol. The van der Waals surface area contributed by atoms with Crippen LogP contribution >= 0.6 is 0 Å². The van der Waals surface area contributed by atoms with Crippen LogP contribution in [0.2, 0.25) is 0 Å². The summed E-state index contributed by atoms with van der Waals surface area (Å²) in [5, 5.41) is 0. The molecule has 9 heteroatoms. The molecule has 0 unspecified atom stereocenters. The molecule has 3 aliphatic heterocycles. The zero-order chi connectivity index (χ0) is 28.0. The summed E-state index contributed by atoms with van der Waals surface area (Å²) in [4.78, 5) is 58.0. The van der Waals surface area contributed by atoms with Gasteiger partial charge < -0.3 is 24.3 Å². The van der Waals surface area contributed by atoms with Crippen LogP contribution in [-0.2, 0) is 25.7 Å². The number of ether oxygens (including phenoxy) is 1. The Morgan fingerprint density at radius 2 is 1.74 bits per heavy atom. The van der Waals surface area contributed by atoms with Gasteiger partial charge >= 0.3 is 0 Å². The first kappa shape index (κ1) is 28.6. The second kappa shape index (κ2) is 12.7. The van der Waals surface area contributed by atoms with Crippen LogP contribution < -0.4 is 4.74 Å². The predicted octanol–water partition coefficient (Wildman–Crippen LogP) is 2.56. The summed E-state index contributed by atoms with van der Waals surface area (Å²) >= 11 is 0. The molecule has 4 rings (SSSR count). The summed E-state index contributed by atoms with van der Waals surface area (Å²) in [6.07, 6.45) is 6.39. The fraction of sp³-hybridized carbons (Fsp3) is 0.600. The first-order chi connectivity index (χ1) is 18.6. The van der Waals surface area contributed by atoms with E-state index in [1.807, 2.05) is 60.9 Å². The van der Waals surface area contributed by atoms with E-state index in [1.165, 1.54) is 0 Å². The molecule has 1 aromatic rings. The van der Waals surface area contributed by atoms with Gasteiger partial charge in [0.15, 0.2) is 0 Å². The Hall–Kier alpha value is -3.36. The molecule has 1 aromatic carbocycles. The largest absolute Gasteiger partial charge is 0.489 e. The molecule has 2 saturated heterocycles. The summed E-state index contributed by atoms with van der Waals surface area (Å²) in [5.41, 5.74) is 0.674. The first-order valence-corrected chi connectivity index (χ1v) is 14.0. The topological polar surface area (TPSA) is 90.5 Å². The lowest BCUT2D eigenvalue weighted by molar-refractivity contribution is -0.143. The first-order valence-electron chi connectivity index (χ1n) is 14.0. The molecule has 0 N–H and O–H groups in total. The van der Waals surface area contributed by atoms with Crippen LogP contribution in [0.1, 0.15) is 45.6 Å². The van der Waals surface area contributed by atoms with Gasteiger partial charge in [-0.2, -0.15) is 0 Å². The highest BCUT2D eigenvalue weighted by Gasteiger charge is 2.34. The molecule has 0 spiro atoms. The number of para-hydroxylation sites is 1. The Balaban J connectivity index is 1.51. The molecule has 4 amide bonds.